The first-order valence-electron chi connectivity index (χ1n) is 3.57. The Morgan fingerprint density at radius 1 is 1.82 bits per heavy atom. The summed E-state index contributed by atoms with van der Waals surface area (Å²) < 4.78 is 1.65. The maximum Gasteiger partial charge on any atom is 0.0822 e. The summed E-state index contributed by atoms with van der Waals surface area (Å²) in [6, 6.07) is 0. The van der Waals surface area contributed by atoms with Crippen molar-refractivity contribution in [1.82, 2.24) is 9.78 Å². The van der Waals surface area contributed by atoms with Gasteiger partial charge in [-0.25, -0.2) is 0 Å². The van der Waals surface area contributed by atoms with Gasteiger partial charge in [-0.15, -0.1) is 0 Å². The van der Waals surface area contributed by atoms with Crippen molar-refractivity contribution >= 4 is 5.69 Å². The zero-order chi connectivity index (χ0) is 8.43. The number of anilines is 1. The van der Waals surface area contributed by atoms with Crippen LogP contribution in [-0.4, -0.2) is 21.0 Å². The van der Waals surface area contributed by atoms with E-state index in [-0.39, 0.29) is 6.10 Å². The number of hydrogen-bond acceptors (Lipinski definition) is 3. The molecule has 62 valence electrons. The Morgan fingerprint density at radius 3 is 2.82 bits per heavy atom. The van der Waals surface area contributed by atoms with Crippen LogP contribution in [0.5, 0.6) is 0 Å². The Labute approximate surface area is 65.6 Å². The highest BCUT2D eigenvalue weighted by Gasteiger charge is 2.02. The highest BCUT2D eigenvalue weighted by atomic mass is 16.3. The number of rotatable bonds is 2. The lowest BCUT2D eigenvalue weighted by Gasteiger charge is -2.02. The van der Waals surface area contributed by atoms with Gasteiger partial charge >= 0.3 is 0 Å². The van der Waals surface area contributed by atoms with Crippen LogP contribution < -0.4 is 5.73 Å². The van der Waals surface area contributed by atoms with E-state index in [9.17, 15) is 0 Å². The second-order valence-corrected chi connectivity index (χ2v) is 2.74. The first kappa shape index (κ1) is 8.07. The minimum atomic E-state index is -0.381. The molecule has 0 spiro atoms. The molecule has 3 N–H and O–H groups in total. The van der Waals surface area contributed by atoms with Gasteiger partial charge in [0, 0.05) is 6.20 Å². The lowest BCUT2D eigenvalue weighted by Crippen LogP contribution is -2.11. The zero-order valence-corrected chi connectivity index (χ0v) is 6.78. The Hall–Kier alpha value is -1.03. The molecule has 1 unspecified atom stereocenters. The van der Waals surface area contributed by atoms with Crippen LogP contribution in [0.4, 0.5) is 5.69 Å². The van der Waals surface area contributed by atoms with Crippen LogP contribution in [0.15, 0.2) is 6.20 Å². The molecule has 1 aromatic rings. The molecule has 4 nitrogen and oxygen atoms in total. The Morgan fingerprint density at radius 2 is 2.45 bits per heavy atom. The van der Waals surface area contributed by atoms with Crippen molar-refractivity contribution < 1.29 is 5.11 Å². The predicted molar refractivity (Wildman–Crippen MR) is 43.1 cm³/mol. The molecule has 0 aromatic carbocycles. The SMILES string of the molecule is Cc1nn(CC(C)O)cc1N. The standard InChI is InChI=1S/C7H13N3O/c1-5(11)3-10-4-7(8)6(2)9-10/h4-5,11H,3,8H2,1-2H3. The van der Waals surface area contributed by atoms with Gasteiger partial charge in [0.1, 0.15) is 0 Å². The van der Waals surface area contributed by atoms with Gasteiger partial charge in [0.25, 0.3) is 0 Å². The second-order valence-electron chi connectivity index (χ2n) is 2.74. The topological polar surface area (TPSA) is 64.1 Å². The van der Waals surface area contributed by atoms with E-state index < -0.39 is 0 Å². The number of nitrogen functional groups attached to an aromatic ring is 1. The van der Waals surface area contributed by atoms with Crippen LogP contribution >= 0.6 is 0 Å². The van der Waals surface area contributed by atoms with Gasteiger partial charge < -0.3 is 10.8 Å². The molecular formula is C7H13N3O. The van der Waals surface area contributed by atoms with Crippen molar-refractivity contribution in [3.63, 3.8) is 0 Å². The molecule has 0 fully saturated rings. The van der Waals surface area contributed by atoms with Gasteiger partial charge in [-0.1, -0.05) is 0 Å². The average molecular weight is 155 g/mol. The summed E-state index contributed by atoms with van der Waals surface area (Å²) >= 11 is 0. The smallest absolute Gasteiger partial charge is 0.0822 e. The van der Waals surface area contributed by atoms with Crippen LogP contribution in [0.25, 0.3) is 0 Å². The minimum absolute atomic E-state index is 0.381. The van der Waals surface area contributed by atoms with Crippen LogP contribution in [0.2, 0.25) is 0 Å². The van der Waals surface area contributed by atoms with Gasteiger partial charge in [0.15, 0.2) is 0 Å². The van der Waals surface area contributed by atoms with E-state index in [1.165, 1.54) is 0 Å². The van der Waals surface area contributed by atoms with E-state index >= 15 is 0 Å². The van der Waals surface area contributed by atoms with Crippen molar-refractivity contribution in [3.05, 3.63) is 11.9 Å². The van der Waals surface area contributed by atoms with E-state index in [4.69, 9.17) is 10.8 Å². The number of nitrogens with two attached hydrogens (primary N) is 1. The lowest BCUT2D eigenvalue weighted by atomic mass is 10.4. The fourth-order valence-corrected chi connectivity index (χ4v) is 0.897. The summed E-state index contributed by atoms with van der Waals surface area (Å²) in [4.78, 5) is 0. The van der Waals surface area contributed by atoms with E-state index in [1.54, 1.807) is 17.8 Å². The first-order valence-corrected chi connectivity index (χ1v) is 3.57. The third-order valence-corrected chi connectivity index (χ3v) is 1.44. The molecule has 11 heavy (non-hydrogen) atoms. The summed E-state index contributed by atoms with van der Waals surface area (Å²) in [5.74, 6) is 0. The molecule has 0 aliphatic heterocycles. The third kappa shape index (κ3) is 1.94. The molecule has 1 aromatic heterocycles. The first-order chi connectivity index (χ1) is 5.09. The number of aliphatic hydroxyl groups is 1. The molecule has 0 saturated carbocycles. The van der Waals surface area contributed by atoms with Crippen LogP contribution in [-0.2, 0) is 6.54 Å². The van der Waals surface area contributed by atoms with Crippen molar-refractivity contribution in [2.24, 2.45) is 0 Å². The predicted octanol–water partition coefficient (Wildman–Crippen LogP) is 0.155. The van der Waals surface area contributed by atoms with Gasteiger partial charge in [-0.3, -0.25) is 4.68 Å². The summed E-state index contributed by atoms with van der Waals surface area (Å²) in [7, 11) is 0. The molecule has 0 aliphatic rings. The van der Waals surface area contributed by atoms with Crippen molar-refractivity contribution in [2.75, 3.05) is 5.73 Å². The molecule has 0 aliphatic carbocycles. The monoisotopic (exact) mass is 155 g/mol. The second kappa shape index (κ2) is 2.92. The molecule has 0 saturated heterocycles. The van der Waals surface area contributed by atoms with Gasteiger partial charge in [0.2, 0.25) is 0 Å². The molecular weight excluding hydrogens is 142 g/mol. The van der Waals surface area contributed by atoms with Crippen molar-refractivity contribution in [3.8, 4) is 0 Å². The van der Waals surface area contributed by atoms with E-state index in [0.717, 1.165) is 5.69 Å². The van der Waals surface area contributed by atoms with Crippen LogP contribution in [0.3, 0.4) is 0 Å². The highest BCUT2D eigenvalue weighted by Crippen LogP contribution is 2.06. The largest absolute Gasteiger partial charge is 0.396 e. The molecule has 1 atom stereocenters. The average Bonchev–Trinajstić information content (AvgIpc) is 2.10. The normalized spacial score (nSPS) is 13.4. The van der Waals surface area contributed by atoms with E-state index in [1.807, 2.05) is 6.92 Å². The maximum atomic E-state index is 9.00. The Balaban J connectivity index is 2.73. The van der Waals surface area contributed by atoms with Gasteiger partial charge in [0.05, 0.1) is 24.0 Å². The van der Waals surface area contributed by atoms with Crippen LogP contribution in [0, 0.1) is 6.92 Å². The number of hydrogen-bond donors (Lipinski definition) is 2. The maximum absolute atomic E-state index is 9.00. The highest BCUT2D eigenvalue weighted by molar-refractivity contribution is 5.39. The number of aryl methyl sites for hydroxylation is 1. The van der Waals surface area contributed by atoms with E-state index in [0.29, 0.717) is 12.2 Å². The van der Waals surface area contributed by atoms with E-state index in [2.05, 4.69) is 5.10 Å². The van der Waals surface area contributed by atoms with Gasteiger partial charge in [-0.05, 0) is 13.8 Å². The lowest BCUT2D eigenvalue weighted by molar-refractivity contribution is 0.168. The van der Waals surface area contributed by atoms with Crippen molar-refractivity contribution in [1.29, 1.82) is 0 Å². The summed E-state index contributed by atoms with van der Waals surface area (Å²) in [6.07, 6.45) is 1.34. The quantitative estimate of drug-likeness (QED) is 0.639. The molecule has 1 rings (SSSR count). The molecule has 0 bridgehead atoms. The number of aliphatic hydroxyl groups excluding tert-OH is 1. The molecule has 0 radical (unpaired) electrons. The Kier molecular flexibility index (Phi) is 2.14. The molecule has 0 amide bonds. The Bertz CT molecular complexity index is 222. The third-order valence-electron chi connectivity index (χ3n) is 1.44. The fourth-order valence-electron chi connectivity index (χ4n) is 0.897. The summed E-state index contributed by atoms with van der Waals surface area (Å²) in [5.41, 5.74) is 7.03. The minimum Gasteiger partial charge on any atom is -0.396 e. The van der Waals surface area contributed by atoms with Crippen molar-refractivity contribution in [2.45, 2.75) is 26.5 Å². The summed E-state index contributed by atoms with van der Waals surface area (Å²) in [6.45, 7) is 4.05. The summed E-state index contributed by atoms with van der Waals surface area (Å²) in [5, 5.41) is 13.1. The fraction of sp³-hybridized carbons (Fsp3) is 0.571. The van der Waals surface area contributed by atoms with Crippen LogP contribution in [0.1, 0.15) is 12.6 Å². The molecule has 4 heteroatoms. The zero-order valence-electron chi connectivity index (χ0n) is 6.78. The number of nitrogens with zero attached hydrogens (tertiary/aromatic N) is 2. The molecule has 1 heterocycles. The number of aromatic nitrogens is 2. The van der Waals surface area contributed by atoms with Gasteiger partial charge in [-0.2, -0.15) is 5.10 Å².